The summed E-state index contributed by atoms with van der Waals surface area (Å²) in [4.78, 5) is 4.49. The van der Waals surface area contributed by atoms with Crippen LogP contribution in [0.2, 0.25) is 0 Å². The molecule has 4 heteroatoms. The Bertz CT molecular complexity index is 374. The molecule has 0 bridgehead atoms. The maximum absolute atomic E-state index is 5.67. The lowest BCUT2D eigenvalue weighted by Crippen LogP contribution is -2.31. The van der Waals surface area contributed by atoms with Crippen molar-refractivity contribution in [1.82, 2.24) is 4.98 Å². The molecule has 0 spiro atoms. The Morgan fingerprint density at radius 2 is 2.25 bits per heavy atom. The van der Waals surface area contributed by atoms with Gasteiger partial charge < -0.3 is 11.1 Å². The van der Waals surface area contributed by atoms with E-state index in [0.29, 0.717) is 4.99 Å². The number of nitrogens with zero attached hydrogens (tertiary/aromatic N) is 1. The summed E-state index contributed by atoms with van der Waals surface area (Å²) < 4.78 is 0. The maximum Gasteiger partial charge on any atom is 0.106 e. The molecular weight excluding hydrogens is 218 g/mol. The van der Waals surface area contributed by atoms with E-state index < -0.39 is 0 Å². The van der Waals surface area contributed by atoms with Crippen LogP contribution < -0.4 is 11.1 Å². The highest BCUT2D eigenvalue weighted by Gasteiger charge is 2.18. The molecule has 0 aliphatic heterocycles. The van der Waals surface area contributed by atoms with Crippen molar-refractivity contribution in [2.45, 2.75) is 39.2 Å². The van der Waals surface area contributed by atoms with Crippen LogP contribution in [0.1, 0.15) is 39.2 Å². The summed E-state index contributed by atoms with van der Waals surface area (Å²) in [5.74, 6) is 0. The maximum atomic E-state index is 5.67. The SMILES string of the molecule is CCCC(C)(C)Nc1cnccc1C(N)=S. The van der Waals surface area contributed by atoms with Gasteiger partial charge in [-0.1, -0.05) is 25.6 Å². The van der Waals surface area contributed by atoms with Crippen LogP contribution in [0.25, 0.3) is 0 Å². The van der Waals surface area contributed by atoms with Crippen LogP contribution in [0.5, 0.6) is 0 Å². The summed E-state index contributed by atoms with van der Waals surface area (Å²) >= 11 is 5.01. The lowest BCUT2D eigenvalue weighted by molar-refractivity contribution is 0.511. The second-order valence-corrected chi connectivity index (χ2v) is 4.98. The zero-order valence-corrected chi connectivity index (χ0v) is 10.9. The van der Waals surface area contributed by atoms with Crippen molar-refractivity contribution in [3.63, 3.8) is 0 Å². The molecule has 1 aromatic rings. The molecule has 0 amide bonds. The van der Waals surface area contributed by atoms with Gasteiger partial charge in [0.1, 0.15) is 4.99 Å². The number of pyridine rings is 1. The van der Waals surface area contributed by atoms with Gasteiger partial charge in [-0.05, 0) is 26.3 Å². The van der Waals surface area contributed by atoms with E-state index in [1.807, 2.05) is 6.07 Å². The molecule has 0 aromatic carbocycles. The van der Waals surface area contributed by atoms with Crippen LogP contribution in [-0.2, 0) is 0 Å². The zero-order valence-electron chi connectivity index (χ0n) is 10.1. The van der Waals surface area contributed by atoms with E-state index >= 15 is 0 Å². The summed E-state index contributed by atoms with van der Waals surface area (Å²) in [6.07, 6.45) is 5.68. The molecule has 0 aliphatic rings. The highest BCUT2D eigenvalue weighted by molar-refractivity contribution is 7.80. The van der Waals surface area contributed by atoms with Crippen molar-refractivity contribution >= 4 is 22.9 Å². The van der Waals surface area contributed by atoms with E-state index in [2.05, 4.69) is 31.1 Å². The van der Waals surface area contributed by atoms with Gasteiger partial charge in [-0.25, -0.2) is 0 Å². The van der Waals surface area contributed by atoms with E-state index in [-0.39, 0.29) is 5.54 Å². The summed E-state index contributed by atoms with van der Waals surface area (Å²) in [6, 6.07) is 1.84. The topological polar surface area (TPSA) is 50.9 Å². The van der Waals surface area contributed by atoms with Crippen LogP contribution >= 0.6 is 12.2 Å². The predicted octanol–water partition coefficient (Wildman–Crippen LogP) is 2.71. The molecule has 1 aromatic heterocycles. The van der Waals surface area contributed by atoms with E-state index in [4.69, 9.17) is 18.0 Å². The number of nitrogens with one attached hydrogen (secondary N) is 1. The third-order valence-electron chi connectivity index (χ3n) is 2.43. The van der Waals surface area contributed by atoms with Gasteiger partial charge in [-0.3, -0.25) is 4.98 Å². The fourth-order valence-corrected chi connectivity index (χ4v) is 1.94. The van der Waals surface area contributed by atoms with E-state index in [1.165, 1.54) is 0 Å². The molecule has 0 unspecified atom stereocenters. The molecule has 3 N–H and O–H groups in total. The van der Waals surface area contributed by atoms with E-state index in [9.17, 15) is 0 Å². The van der Waals surface area contributed by atoms with Crippen molar-refractivity contribution in [3.05, 3.63) is 24.0 Å². The highest BCUT2D eigenvalue weighted by Crippen LogP contribution is 2.21. The van der Waals surface area contributed by atoms with Crippen LogP contribution in [0.3, 0.4) is 0 Å². The highest BCUT2D eigenvalue weighted by atomic mass is 32.1. The Hall–Kier alpha value is -1.16. The standard InChI is InChI=1S/C12H19N3S/c1-4-6-12(2,3)15-10-8-14-7-5-9(10)11(13)16/h5,7-8,15H,4,6H2,1-3H3,(H2,13,16). The number of aromatic nitrogens is 1. The first-order valence-electron chi connectivity index (χ1n) is 5.48. The number of rotatable bonds is 5. The average Bonchev–Trinajstić information content (AvgIpc) is 2.17. The van der Waals surface area contributed by atoms with Gasteiger partial charge in [0.15, 0.2) is 0 Å². The summed E-state index contributed by atoms with van der Waals surface area (Å²) in [7, 11) is 0. The molecular formula is C12H19N3S. The minimum atomic E-state index is 0.0251. The number of nitrogens with two attached hydrogens (primary N) is 1. The predicted molar refractivity (Wildman–Crippen MR) is 72.7 cm³/mol. The quantitative estimate of drug-likeness (QED) is 0.773. The minimum Gasteiger partial charge on any atom is -0.389 e. The molecule has 0 fully saturated rings. The fourth-order valence-electron chi connectivity index (χ4n) is 1.76. The second-order valence-electron chi connectivity index (χ2n) is 4.54. The third kappa shape index (κ3) is 3.45. The Balaban J connectivity index is 2.92. The van der Waals surface area contributed by atoms with Gasteiger partial charge in [0.05, 0.1) is 11.9 Å². The van der Waals surface area contributed by atoms with Crippen LogP contribution in [-0.4, -0.2) is 15.5 Å². The Morgan fingerprint density at radius 3 is 2.81 bits per heavy atom. The molecule has 3 nitrogen and oxygen atoms in total. The zero-order chi connectivity index (χ0) is 12.2. The smallest absolute Gasteiger partial charge is 0.106 e. The van der Waals surface area contributed by atoms with Crippen LogP contribution in [0.4, 0.5) is 5.69 Å². The lowest BCUT2D eigenvalue weighted by Gasteiger charge is -2.28. The molecule has 0 saturated carbocycles. The van der Waals surface area contributed by atoms with Gasteiger partial charge in [0.25, 0.3) is 0 Å². The van der Waals surface area contributed by atoms with Gasteiger partial charge in [-0.2, -0.15) is 0 Å². The van der Waals surface area contributed by atoms with Gasteiger partial charge >= 0.3 is 0 Å². The average molecular weight is 237 g/mol. The minimum absolute atomic E-state index is 0.0251. The number of hydrogen-bond acceptors (Lipinski definition) is 3. The van der Waals surface area contributed by atoms with E-state index in [0.717, 1.165) is 24.1 Å². The molecule has 0 atom stereocenters. The Morgan fingerprint density at radius 1 is 1.56 bits per heavy atom. The van der Waals surface area contributed by atoms with Gasteiger partial charge in [-0.15, -0.1) is 0 Å². The van der Waals surface area contributed by atoms with Crippen molar-refractivity contribution in [3.8, 4) is 0 Å². The molecule has 16 heavy (non-hydrogen) atoms. The fraction of sp³-hybridized carbons (Fsp3) is 0.500. The van der Waals surface area contributed by atoms with Crippen LogP contribution in [0, 0.1) is 0 Å². The number of hydrogen-bond donors (Lipinski definition) is 2. The first-order valence-corrected chi connectivity index (χ1v) is 5.89. The molecule has 1 heterocycles. The molecule has 0 saturated heterocycles. The van der Waals surface area contributed by atoms with Crippen LogP contribution in [0.15, 0.2) is 18.5 Å². The summed E-state index contributed by atoms with van der Waals surface area (Å²) in [6.45, 7) is 6.49. The Labute approximate surface area is 102 Å². The summed E-state index contributed by atoms with van der Waals surface area (Å²) in [5.41, 5.74) is 7.46. The molecule has 0 aliphatic carbocycles. The first-order chi connectivity index (χ1) is 7.46. The largest absolute Gasteiger partial charge is 0.389 e. The first kappa shape index (κ1) is 12.9. The summed E-state index contributed by atoms with van der Waals surface area (Å²) in [5, 5.41) is 3.44. The number of thiocarbonyl (C=S) groups is 1. The molecule has 88 valence electrons. The second kappa shape index (κ2) is 5.25. The van der Waals surface area contributed by atoms with Crippen molar-refractivity contribution in [1.29, 1.82) is 0 Å². The normalized spacial score (nSPS) is 11.2. The Kier molecular flexibility index (Phi) is 4.24. The van der Waals surface area contributed by atoms with Crippen molar-refractivity contribution in [2.24, 2.45) is 5.73 Å². The third-order valence-corrected chi connectivity index (χ3v) is 2.65. The van der Waals surface area contributed by atoms with E-state index in [1.54, 1.807) is 12.4 Å². The molecule has 0 radical (unpaired) electrons. The van der Waals surface area contributed by atoms with Crippen molar-refractivity contribution < 1.29 is 0 Å². The van der Waals surface area contributed by atoms with Crippen molar-refractivity contribution in [2.75, 3.05) is 5.32 Å². The van der Waals surface area contributed by atoms with Gasteiger partial charge in [0.2, 0.25) is 0 Å². The van der Waals surface area contributed by atoms with Gasteiger partial charge in [0, 0.05) is 17.3 Å². The number of anilines is 1. The molecule has 1 rings (SSSR count). The monoisotopic (exact) mass is 237 g/mol. The lowest BCUT2D eigenvalue weighted by atomic mass is 9.98.